The molecule has 2 rings (SSSR count). The molecule has 0 aliphatic heterocycles. The summed E-state index contributed by atoms with van der Waals surface area (Å²) in [7, 11) is 3.22. The number of aliphatic hydroxyl groups is 1. The number of hydrogen-bond acceptors (Lipinski definition) is 3. The molecule has 0 aromatic heterocycles. The molecule has 0 aliphatic carbocycles. The normalized spacial score (nSPS) is 12.0. The van der Waals surface area contributed by atoms with Crippen molar-refractivity contribution in [1.82, 2.24) is 0 Å². The third-order valence-corrected chi connectivity index (χ3v) is 3.96. The quantitative estimate of drug-likeness (QED) is 0.883. The van der Waals surface area contributed by atoms with E-state index in [-0.39, 0.29) is 0 Å². The minimum atomic E-state index is -0.545. The Labute approximate surface area is 133 Å². The number of rotatable bonds is 5. The molecule has 2 aromatic rings. The molecule has 0 aliphatic rings. The van der Waals surface area contributed by atoms with Crippen LogP contribution in [0.3, 0.4) is 0 Å². The molecule has 0 amide bonds. The highest BCUT2D eigenvalue weighted by molar-refractivity contribution is 9.10. The van der Waals surface area contributed by atoms with Crippen LogP contribution in [0.15, 0.2) is 40.9 Å². The molecular formula is C17H19BrO3. The van der Waals surface area contributed by atoms with E-state index in [1.165, 1.54) is 0 Å². The van der Waals surface area contributed by atoms with Gasteiger partial charge in [-0.05, 0) is 47.9 Å². The van der Waals surface area contributed by atoms with Crippen LogP contribution in [-0.4, -0.2) is 19.3 Å². The highest BCUT2D eigenvalue weighted by Crippen LogP contribution is 2.30. The molecule has 4 heteroatoms. The van der Waals surface area contributed by atoms with Gasteiger partial charge in [0.25, 0.3) is 0 Å². The lowest BCUT2D eigenvalue weighted by atomic mass is 9.97. The highest BCUT2D eigenvalue weighted by Gasteiger charge is 2.13. The maximum atomic E-state index is 10.4. The van der Waals surface area contributed by atoms with Gasteiger partial charge >= 0.3 is 0 Å². The van der Waals surface area contributed by atoms with Crippen molar-refractivity contribution in [3.05, 3.63) is 57.6 Å². The minimum Gasteiger partial charge on any atom is -0.493 e. The third-order valence-electron chi connectivity index (χ3n) is 3.47. The van der Waals surface area contributed by atoms with E-state index in [0.29, 0.717) is 17.9 Å². The average Bonchev–Trinajstić information content (AvgIpc) is 2.46. The van der Waals surface area contributed by atoms with Gasteiger partial charge < -0.3 is 14.6 Å². The van der Waals surface area contributed by atoms with Gasteiger partial charge in [-0.15, -0.1) is 0 Å². The fourth-order valence-corrected chi connectivity index (χ4v) is 2.83. The molecular weight excluding hydrogens is 332 g/mol. The van der Waals surface area contributed by atoms with Crippen molar-refractivity contribution >= 4 is 15.9 Å². The van der Waals surface area contributed by atoms with Crippen molar-refractivity contribution in [2.24, 2.45) is 0 Å². The zero-order valence-corrected chi connectivity index (χ0v) is 14.0. The van der Waals surface area contributed by atoms with Crippen LogP contribution in [0.25, 0.3) is 0 Å². The van der Waals surface area contributed by atoms with Crippen LogP contribution in [0.5, 0.6) is 11.5 Å². The van der Waals surface area contributed by atoms with E-state index in [4.69, 9.17) is 9.47 Å². The molecule has 21 heavy (non-hydrogen) atoms. The largest absolute Gasteiger partial charge is 0.493 e. The van der Waals surface area contributed by atoms with Gasteiger partial charge in [-0.3, -0.25) is 0 Å². The van der Waals surface area contributed by atoms with E-state index in [1.807, 2.05) is 43.3 Å². The Balaban J connectivity index is 2.21. The monoisotopic (exact) mass is 350 g/mol. The summed E-state index contributed by atoms with van der Waals surface area (Å²) in [5.74, 6) is 1.37. The van der Waals surface area contributed by atoms with Crippen LogP contribution in [0.1, 0.15) is 22.8 Å². The fraction of sp³-hybridized carbons (Fsp3) is 0.294. The second-order valence-electron chi connectivity index (χ2n) is 4.91. The topological polar surface area (TPSA) is 38.7 Å². The van der Waals surface area contributed by atoms with Crippen LogP contribution in [0, 0.1) is 6.92 Å². The summed E-state index contributed by atoms with van der Waals surface area (Å²) in [4.78, 5) is 0. The van der Waals surface area contributed by atoms with Crippen molar-refractivity contribution in [2.75, 3.05) is 14.2 Å². The molecule has 2 aromatic carbocycles. The first-order chi connectivity index (χ1) is 10.0. The van der Waals surface area contributed by atoms with Crippen LogP contribution < -0.4 is 9.47 Å². The van der Waals surface area contributed by atoms with Crippen molar-refractivity contribution in [2.45, 2.75) is 19.4 Å². The number of methoxy groups -OCH3 is 2. The van der Waals surface area contributed by atoms with E-state index < -0.39 is 6.10 Å². The molecule has 0 heterocycles. The Morgan fingerprint density at radius 3 is 2.38 bits per heavy atom. The highest BCUT2D eigenvalue weighted by atomic mass is 79.9. The van der Waals surface area contributed by atoms with Crippen LogP contribution in [0.4, 0.5) is 0 Å². The number of benzene rings is 2. The zero-order chi connectivity index (χ0) is 15.4. The second-order valence-corrected chi connectivity index (χ2v) is 5.83. The summed E-state index contributed by atoms with van der Waals surface area (Å²) in [5.41, 5.74) is 3.01. The molecule has 0 saturated heterocycles. The van der Waals surface area contributed by atoms with Crippen LogP contribution in [0.2, 0.25) is 0 Å². The maximum Gasteiger partial charge on any atom is 0.160 e. The van der Waals surface area contributed by atoms with Gasteiger partial charge in [-0.25, -0.2) is 0 Å². The summed E-state index contributed by atoms with van der Waals surface area (Å²) < 4.78 is 11.5. The van der Waals surface area contributed by atoms with Crippen molar-refractivity contribution < 1.29 is 14.6 Å². The number of aryl methyl sites for hydroxylation is 1. The van der Waals surface area contributed by atoms with Gasteiger partial charge in [0.2, 0.25) is 0 Å². The summed E-state index contributed by atoms with van der Waals surface area (Å²) in [5, 5.41) is 10.4. The van der Waals surface area contributed by atoms with E-state index in [2.05, 4.69) is 15.9 Å². The molecule has 0 saturated carbocycles. The van der Waals surface area contributed by atoms with E-state index >= 15 is 0 Å². The first-order valence-electron chi connectivity index (χ1n) is 6.70. The molecule has 0 spiro atoms. The summed E-state index contributed by atoms with van der Waals surface area (Å²) in [6.07, 6.45) is -0.0146. The van der Waals surface area contributed by atoms with Gasteiger partial charge in [0.15, 0.2) is 11.5 Å². The summed E-state index contributed by atoms with van der Waals surface area (Å²) >= 11 is 3.43. The maximum absolute atomic E-state index is 10.4. The van der Waals surface area contributed by atoms with Gasteiger partial charge in [0.05, 0.1) is 20.3 Å². The average molecular weight is 351 g/mol. The smallest absolute Gasteiger partial charge is 0.160 e. The standard InChI is InChI=1S/C17H19BrO3/c1-11-8-13(18)5-6-14(11)15(19)9-12-4-7-16(20-2)17(10-12)21-3/h4-8,10,15,19H,9H2,1-3H3. The second kappa shape index (κ2) is 6.96. The van der Waals surface area contributed by atoms with E-state index in [0.717, 1.165) is 21.2 Å². The summed E-state index contributed by atoms with van der Waals surface area (Å²) in [6.45, 7) is 2.00. The Hall–Kier alpha value is -1.52. The third kappa shape index (κ3) is 3.77. The molecule has 1 unspecified atom stereocenters. The lowest BCUT2D eigenvalue weighted by Gasteiger charge is -2.15. The number of ether oxygens (including phenoxy) is 2. The van der Waals surface area contributed by atoms with Gasteiger partial charge in [0.1, 0.15) is 0 Å². The fourth-order valence-electron chi connectivity index (χ4n) is 2.35. The molecule has 1 atom stereocenters. The predicted molar refractivity (Wildman–Crippen MR) is 87.1 cm³/mol. The lowest BCUT2D eigenvalue weighted by Crippen LogP contribution is -2.04. The van der Waals surface area contributed by atoms with Crippen LogP contribution >= 0.6 is 15.9 Å². The SMILES string of the molecule is COc1ccc(CC(O)c2ccc(Br)cc2C)cc1OC. The van der Waals surface area contributed by atoms with Gasteiger partial charge in [-0.1, -0.05) is 28.1 Å². The van der Waals surface area contributed by atoms with Gasteiger partial charge in [-0.2, -0.15) is 0 Å². The van der Waals surface area contributed by atoms with Crippen molar-refractivity contribution in [3.63, 3.8) is 0 Å². The number of aliphatic hydroxyl groups excluding tert-OH is 1. The Morgan fingerprint density at radius 2 is 1.76 bits per heavy atom. The minimum absolute atomic E-state index is 0.531. The van der Waals surface area contributed by atoms with E-state index in [1.54, 1.807) is 14.2 Å². The zero-order valence-electron chi connectivity index (χ0n) is 12.4. The first-order valence-corrected chi connectivity index (χ1v) is 7.49. The lowest BCUT2D eigenvalue weighted by molar-refractivity contribution is 0.177. The van der Waals surface area contributed by atoms with Crippen molar-refractivity contribution in [1.29, 1.82) is 0 Å². The van der Waals surface area contributed by atoms with Gasteiger partial charge in [0, 0.05) is 10.9 Å². The Kier molecular flexibility index (Phi) is 5.26. The Bertz CT molecular complexity index is 625. The van der Waals surface area contributed by atoms with E-state index in [9.17, 15) is 5.11 Å². The van der Waals surface area contributed by atoms with Crippen molar-refractivity contribution in [3.8, 4) is 11.5 Å². The molecule has 0 radical (unpaired) electrons. The first kappa shape index (κ1) is 15.9. The summed E-state index contributed by atoms with van der Waals surface area (Å²) in [6, 6.07) is 11.6. The molecule has 0 fully saturated rings. The Morgan fingerprint density at radius 1 is 1.05 bits per heavy atom. The number of hydrogen-bond donors (Lipinski definition) is 1. The molecule has 112 valence electrons. The predicted octanol–water partition coefficient (Wildman–Crippen LogP) is 4.05. The van der Waals surface area contributed by atoms with Crippen LogP contribution in [-0.2, 0) is 6.42 Å². The molecule has 0 bridgehead atoms. The molecule has 1 N–H and O–H groups in total. The number of halogens is 1. The molecule has 3 nitrogen and oxygen atoms in total.